The van der Waals surface area contributed by atoms with Gasteiger partial charge in [0, 0.05) is 5.39 Å². The first-order valence-electron chi connectivity index (χ1n) is 13.7. The van der Waals surface area contributed by atoms with Crippen LogP contribution in [0.5, 0.6) is 5.75 Å². The average molecular weight is 677 g/mol. The number of nitrogens with zero attached hydrogens (tertiary/aromatic N) is 6. The summed E-state index contributed by atoms with van der Waals surface area (Å²) in [5, 5.41) is 2.72. The van der Waals surface area contributed by atoms with E-state index in [-0.39, 0.29) is 35.3 Å². The molecule has 0 spiro atoms. The van der Waals surface area contributed by atoms with E-state index in [0.29, 0.717) is 56.7 Å². The molecule has 9 rings (SSSR count). The Morgan fingerprint density at radius 2 is 0.891 bits per heavy atom. The Labute approximate surface area is 289 Å². The van der Waals surface area contributed by atoms with Gasteiger partial charge in [0.1, 0.15) is 0 Å². The van der Waals surface area contributed by atoms with Gasteiger partial charge in [-0.15, -0.1) is 0 Å². The van der Waals surface area contributed by atoms with E-state index >= 15 is 0 Å². The van der Waals surface area contributed by atoms with Gasteiger partial charge in [0.2, 0.25) is 0 Å². The maximum atomic E-state index is 12.1. The second-order valence-electron chi connectivity index (χ2n) is 10.4. The van der Waals surface area contributed by atoms with E-state index in [2.05, 4.69) is 24.6 Å². The molecule has 220 valence electrons. The van der Waals surface area contributed by atoms with Gasteiger partial charge < -0.3 is 0 Å². The van der Waals surface area contributed by atoms with Crippen molar-refractivity contribution in [3.8, 4) is 51.3 Å². The predicted octanol–water partition coefficient (Wildman–Crippen LogP) is 5.39. The van der Waals surface area contributed by atoms with Gasteiger partial charge in [0.25, 0.3) is 0 Å². The molecule has 0 unspecified atom stereocenters. The van der Waals surface area contributed by atoms with Gasteiger partial charge in [-0.2, -0.15) is 0 Å². The zero-order valence-electron chi connectivity index (χ0n) is 22.8. The topological polar surface area (TPSA) is 152 Å². The molecule has 5 heterocycles. The van der Waals surface area contributed by atoms with E-state index < -0.39 is 8.59 Å². The number of aromatic nitrogens is 8. The molecule has 0 amide bonds. The normalized spacial score (nSPS) is 12.0. The molecule has 2 aliphatic rings. The molecule has 14 heteroatoms. The molecule has 11 nitrogen and oxygen atoms in total. The first-order chi connectivity index (χ1) is 21.9. The predicted molar refractivity (Wildman–Crippen MR) is 173 cm³/mol. The summed E-state index contributed by atoms with van der Waals surface area (Å²) < 4.78 is 29.5. The molecule has 0 saturated carbocycles. The summed E-state index contributed by atoms with van der Waals surface area (Å²) in [7, 11) is -4.16. The van der Waals surface area contributed by atoms with Crippen molar-refractivity contribution in [1.29, 1.82) is 0 Å². The van der Waals surface area contributed by atoms with Gasteiger partial charge in [-0.1, -0.05) is 24.3 Å². The third-order valence-electron chi connectivity index (χ3n) is 7.73. The zero-order valence-corrected chi connectivity index (χ0v) is 24.7. The molecule has 46 heavy (non-hydrogen) atoms. The van der Waals surface area contributed by atoms with Crippen molar-refractivity contribution in [2.75, 3.05) is 0 Å². The molecule has 0 atom stereocenters. The van der Waals surface area contributed by atoms with Crippen molar-refractivity contribution >= 4 is 82.3 Å². The van der Waals surface area contributed by atoms with Crippen LogP contribution in [0.3, 0.4) is 0 Å². The van der Waals surface area contributed by atoms with Crippen LogP contribution in [0.1, 0.15) is 0 Å². The number of aromatic amines is 2. The molecule has 8 bridgehead atoms. The molecule has 0 aliphatic carbocycles. The van der Waals surface area contributed by atoms with Crippen LogP contribution in [-0.2, 0) is 23.2 Å². The average Bonchev–Trinajstić information content (AvgIpc) is 3.76. The van der Waals surface area contributed by atoms with Crippen LogP contribution in [0.4, 0.5) is 0 Å². The van der Waals surface area contributed by atoms with Crippen LogP contribution < -0.4 is 4.18 Å². The minimum atomic E-state index is -4.16. The first kappa shape index (κ1) is 28.9. The number of hydrogen-bond donors (Lipinski definition) is 2. The Kier molecular flexibility index (Phi) is 6.79. The number of hydrogen-bond acceptors (Lipinski definition) is 9. The Hall–Kier alpha value is -4.50. The first-order valence-corrected chi connectivity index (χ1v) is 16.3. The molecule has 0 radical (unpaired) electrons. The van der Waals surface area contributed by atoms with Crippen LogP contribution in [0.2, 0.25) is 0 Å². The molecule has 4 aromatic carbocycles. The van der Waals surface area contributed by atoms with Gasteiger partial charge in [0.05, 0.1) is 0 Å². The van der Waals surface area contributed by atoms with Crippen LogP contribution in [0.25, 0.3) is 89.7 Å². The monoisotopic (exact) mass is 676 g/mol. The molecule has 2 N–H and O–H groups in total. The number of nitrogens with one attached hydrogen (secondary N) is 2. The number of fused-ring (bicyclic) bond motifs is 20. The van der Waals surface area contributed by atoms with Crippen molar-refractivity contribution < 1.29 is 27.2 Å². The maximum absolute atomic E-state index is 12.1. The van der Waals surface area contributed by atoms with Gasteiger partial charge in [-0.05, 0) is 0 Å². The Morgan fingerprint density at radius 3 is 1.37 bits per heavy atom. The third-order valence-corrected chi connectivity index (χ3v) is 8.36. The Morgan fingerprint density at radius 1 is 0.500 bits per heavy atom. The summed E-state index contributed by atoms with van der Waals surface area (Å²) >= 11 is 3.68. The molecule has 7 aromatic rings. The molecule has 0 fully saturated rings. The van der Waals surface area contributed by atoms with Crippen molar-refractivity contribution in [1.82, 2.24) is 39.9 Å². The third kappa shape index (κ3) is 4.71. The van der Waals surface area contributed by atoms with Gasteiger partial charge in [-0.25, -0.2) is 0 Å². The van der Waals surface area contributed by atoms with Crippen LogP contribution in [0.15, 0.2) is 91.0 Å². The summed E-state index contributed by atoms with van der Waals surface area (Å²) in [6.45, 7) is 0. The fraction of sp³-hybridized carbons (Fsp3) is 0. The standard InChI is InChI=1S/C32H17N8O3S.Co.Na.H/c41-44(42)43-23-15-7-14-22-24(23)32-39-30-21-13-6-5-12-20(21)28(37-30)35-26-17-9-2-1-8-16(17)25(33-26)34-27-18-10-3-4-11-19(18)29(36-27)38-31(22)40-32;;;/h1-15H,(H2,33,34,35,36,37,38,39,40);;;. The van der Waals surface area contributed by atoms with E-state index in [9.17, 15) is 8.42 Å². The molecule has 0 saturated heterocycles. The number of rotatable bonds is 2. The van der Waals surface area contributed by atoms with Crippen molar-refractivity contribution in [3.63, 3.8) is 0 Å². The van der Waals surface area contributed by atoms with E-state index in [1.165, 1.54) is 6.07 Å². The van der Waals surface area contributed by atoms with Crippen LogP contribution in [0, 0.1) is 0 Å². The van der Waals surface area contributed by atoms with E-state index in [0.717, 1.165) is 33.0 Å². The van der Waals surface area contributed by atoms with Gasteiger partial charge >= 0.3 is 262 Å². The number of H-pyrrole nitrogens is 2. The molecule has 3 aromatic heterocycles. The second-order valence-corrected chi connectivity index (χ2v) is 12.8. The van der Waals surface area contributed by atoms with Crippen molar-refractivity contribution in [2.24, 2.45) is 0 Å². The van der Waals surface area contributed by atoms with E-state index in [4.69, 9.17) is 34.1 Å². The fourth-order valence-electron chi connectivity index (χ4n) is 5.83. The molecule has 2 aliphatic heterocycles. The Balaban J connectivity index is 0.00000312. The van der Waals surface area contributed by atoms with Crippen LogP contribution >= 0.6 is 0 Å². The quantitative estimate of drug-likeness (QED) is 0.230. The number of benzene rings is 4. The van der Waals surface area contributed by atoms with E-state index in [1.807, 2.05) is 72.8 Å². The molecular formula is C32H18CoN8NaO3S. The summed E-state index contributed by atoms with van der Waals surface area (Å²) in [5.74, 6) is 1.80. The zero-order chi connectivity index (χ0) is 30.3. The minimum absolute atomic E-state index is 0. The van der Waals surface area contributed by atoms with Crippen molar-refractivity contribution in [3.05, 3.63) is 91.0 Å². The van der Waals surface area contributed by atoms with Gasteiger partial charge in [-0.3, -0.25) is 0 Å². The summed E-state index contributed by atoms with van der Waals surface area (Å²) in [5.41, 5.74) is 5.06. The fourth-order valence-corrected chi connectivity index (χ4v) is 6.46. The van der Waals surface area contributed by atoms with Crippen LogP contribution in [-0.4, -0.2) is 77.8 Å². The summed E-state index contributed by atoms with van der Waals surface area (Å²) in [4.78, 5) is 36.1. The molecular weight excluding hydrogens is 658 g/mol. The summed E-state index contributed by atoms with van der Waals surface area (Å²) in [6.07, 6.45) is 0. The summed E-state index contributed by atoms with van der Waals surface area (Å²) in [6, 6.07) is 28.3. The van der Waals surface area contributed by atoms with E-state index in [1.54, 1.807) is 12.1 Å². The second kappa shape index (κ2) is 10.8. The SMILES string of the molecule is O=[S](=O)([Co])Oc1cccc2c3nc4nc(nc5[nH]c(nc6nc(nc([nH]3)c12)-c1ccccc1-6)c1ccccc51)-c1ccccc1-4.[NaH]. The van der Waals surface area contributed by atoms with Gasteiger partial charge in [0.15, 0.2) is 0 Å². The van der Waals surface area contributed by atoms with Crippen molar-refractivity contribution in [2.45, 2.75) is 0 Å². The Bertz CT molecular complexity index is 2690.